The Morgan fingerprint density at radius 1 is 1.14 bits per heavy atom. The van der Waals surface area contributed by atoms with E-state index in [2.05, 4.69) is 22.0 Å². The Balaban J connectivity index is 1.38. The molecule has 0 aromatic heterocycles. The van der Waals surface area contributed by atoms with Crippen LogP contribution < -0.4 is 21.3 Å². The number of carbonyl (C=O) groups is 2. The second-order valence-corrected chi connectivity index (χ2v) is 9.54. The summed E-state index contributed by atoms with van der Waals surface area (Å²) in [6, 6.07) is 17.0. The second-order valence-electron chi connectivity index (χ2n) is 9.54. The Kier molecular flexibility index (Phi) is 7.55. The van der Waals surface area contributed by atoms with Crippen molar-refractivity contribution in [3.63, 3.8) is 0 Å². The average Bonchev–Trinajstić information content (AvgIpc) is 3.34. The van der Waals surface area contributed by atoms with Gasteiger partial charge in [0.05, 0.1) is 12.8 Å². The molecule has 0 bridgehead atoms. The minimum Gasteiger partial charge on any atom is -0.457 e. The quantitative estimate of drug-likeness (QED) is 0.497. The van der Waals surface area contributed by atoms with Crippen molar-refractivity contribution in [2.75, 3.05) is 26.8 Å². The number of hydrogen-bond acceptors (Lipinski definition) is 7. The van der Waals surface area contributed by atoms with Crippen LogP contribution in [0, 0.1) is 5.92 Å². The number of nitrogens with one attached hydrogen (secondary N) is 2. The van der Waals surface area contributed by atoms with Gasteiger partial charge in [0.25, 0.3) is 5.91 Å². The maximum absolute atomic E-state index is 13.1. The third kappa shape index (κ3) is 5.39. The van der Waals surface area contributed by atoms with Gasteiger partial charge in [-0.25, -0.2) is 5.43 Å². The molecule has 3 aliphatic heterocycles. The van der Waals surface area contributed by atoms with Crippen molar-refractivity contribution in [1.82, 2.24) is 20.7 Å². The molecule has 3 aliphatic rings. The summed E-state index contributed by atoms with van der Waals surface area (Å²) >= 11 is 0. The molecule has 4 N–H and O–H groups in total. The Morgan fingerprint density at radius 3 is 2.65 bits per heavy atom. The van der Waals surface area contributed by atoms with E-state index in [1.807, 2.05) is 59.5 Å². The number of methoxy groups -OCH3 is 1. The summed E-state index contributed by atoms with van der Waals surface area (Å²) in [4.78, 5) is 29.7. The molecule has 0 saturated carbocycles. The molecule has 2 aromatic carbocycles. The van der Waals surface area contributed by atoms with Crippen molar-refractivity contribution >= 4 is 17.4 Å². The van der Waals surface area contributed by atoms with Crippen LogP contribution in [0.15, 0.2) is 72.9 Å². The zero-order chi connectivity index (χ0) is 25.8. The van der Waals surface area contributed by atoms with Crippen molar-refractivity contribution in [1.29, 1.82) is 0 Å². The first-order chi connectivity index (χ1) is 18.0. The number of benzene rings is 2. The van der Waals surface area contributed by atoms with Gasteiger partial charge >= 0.3 is 0 Å². The van der Waals surface area contributed by atoms with Crippen LogP contribution in [-0.4, -0.2) is 66.7 Å². The van der Waals surface area contributed by atoms with Crippen LogP contribution in [0.2, 0.25) is 0 Å². The second kappa shape index (κ2) is 11.2. The van der Waals surface area contributed by atoms with Gasteiger partial charge in [-0.3, -0.25) is 15.0 Å². The Morgan fingerprint density at radius 2 is 1.89 bits per heavy atom. The summed E-state index contributed by atoms with van der Waals surface area (Å²) in [5.74, 6) is 1.11. The number of likely N-dealkylation sites (tertiary alicyclic amines) is 1. The van der Waals surface area contributed by atoms with Crippen molar-refractivity contribution in [3.8, 4) is 11.5 Å². The molecule has 2 aromatic rings. The first-order valence-electron chi connectivity index (χ1n) is 12.6. The molecule has 0 aliphatic carbocycles. The largest absolute Gasteiger partial charge is 0.457 e. The summed E-state index contributed by atoms with van der Waals surface area (Å²) in [7, 11) is 1.60. The van der Waals surface area contributed by atoms with Crippen molar-refractivity contribution in [2.45, 2.75) is 31.1 Å². The summed E-state index contributed by atoms with van der Waals surface area (Å²) in [6.45, 7) is 1.63. The number of hydrogen-bond donors (Lipinski definition) is 3. The van der Waals surface area contributed by atoms with Crippen molar-refractivity contribution < 1.29 is 19.1 Å². The molecule has 0 spiro atoms. The number of ether oxygens (including phenoxy) is 2. The maximum atomic E-state index is 13.1. The number of nitrogens with two attached hydrogens (primary N) is 1. The molecular weight excluding hydrogens is 470 g/mol. The minimum absolute atomic E-state index is 0.00950. The standard InChI is InChI=1S/C28H33N5O4/c1-36-16-6-10-24(34)32-15-5-7-20(17-32)33-18-23(25-26(33)28(35)31-30-27(25)29)19-11-13-22(14-12-19)37-21-8-3-2-4-9-21/h2-4,6,8-14,18,20,25-27,30H,5,7,15-17,29H2,1H3,(H,31,35)/b10-6+/t20-,25?,26?,27?/m1/s1. The fourth-order valence-electron chi connectivity index (χ4n) is 5.38. The summed E-state index contributed by atoms with van der Waals surface area (Å²) in [5.41, 5.74) is 14.1. The summed E-state index contributed by atoms with van der Waals surface area (Å²) in [6.07, 6.45) is 6.65. The van der Waals surface area contributed by atoms with Crippen LogP contribution in [0.25, 0.3) is 5.57 Å². The van der Waals surface area contributed by atoms with Crippen LogP contribution in [0.1, 0.15) is 18.4 Å². The van der Waals surface area contributed by atoms with Gasteiger partial charge in [0.1, 0.15) is 17.5 Å². The van der Waals surface area contributed by atoms with E-state index in [1.54, 1.807) is 19.3 Å². The van der Waals surface area contributed by atoms with E-state index < -0.39 is 12.2 Å². The molecule has 3 heterocycles. The van der Waals surface area contributed by atoms with Gasteiger partial charge in [0, 0.05) is 44.4 Å². The highest BCUT2D eigenvalue weighted by atomic mass is 16.5. The number of carbonyl (C=O) groups excluding carboxylic acids is 2. The van der Waals surface area contributed by atoms with Gasteiger partial charge in [-0.2, -0.15) is 0 Å². The number of fused-ring (bicyclic) bond motifs is 1. The third-order valence-corrected chi connectivity index (χ3v) is 7.15. The van der Waals surface area contributed by atoms with Gasteiger partial charge < -0.3 is 25.0 Å². The predicted molar refractivity (Wildman–Crippen MR) is 140 cm³/mol. The van der Waals surface area contributed by atoms with Crippen molar-refractivity contribution in [3.05, 3.63) is 78.5 Å². The molecule has 2 saturated heterocycles. The Labute approximate surface area is 216 Å². The average molecular weight is 504 g/mol. The van der Waals surface area contributed by atoms with Crippen LogP contribution >= 0.6 is 0 Å². The number of para-hydroxylation sites is 1. The summed E-state index contributed by atoms with van der Waals surface area (Å²) in [5, 5.41) is 0. The molecule has 5 rings (SSSR count). The normalized spacial score (nSPS) is 25.6. The third-order valence-electron chi connectivity index (χ3n) is 7.15. The van der Waals surface area contributed by atoms with Gasteiger partial charge in [-0.05, 0) is 48.2 Å². The van der Waals surface area contributed by atoms with Gasteiger partial charge in [0.2, 0.25) is 5.91 Å². The zero-order valence-corrected chi connectivity index (χ0v) is 20.9. The maximum Gasteiger partial charge on any atom is 0.257 e. The lowest BCUT2D eigenvalue weighted by atomic mass is 9.86. The molecule has 4 atom stereocenters. The van der Waals surface area contributed by atoms with E-state index in [9.17, 15) is 9.59 Å². The summed E-state index contributed by atoms with van der Waals surface area (Å²) < 4.78 is 11.0. The van der Waals surface area contributed by atoms with E-state index in [1.165, 1.54) is 0 Å². The van der Waals surface area contributed by atoms with Crippen LogP contribution in [0.5, 0.6) is 11.5 Å². The van der Waals surface area contributed by atoms with Crippen LogP contribution in [0.4, 0.5) is 0 Å². The fraction of sp³-hybridized carbons (Fsp3) is 0.357. The lowest BCUT2D eigenvalue weighted by Gasteiger charge is -2.43. The van der Waals surface area contributed by atoms with Gasteiger partial charge in [0.15, 0.2) is 0 Å². The highest BCUT2D eigenvalue weighted by Gasteiger charge is 2.49. The molecule has 0 radical (unpaired) electrons. The smallest absolute Gasteiger partial charge is 0.257 e. The molecular formula is C28H33N5O4. The number of hydrazine groups is 1. The fourth-order valence-corrected chi connectivity index (χ4v) is 5.38. The minimum atomic E-state index is -0.449. The molecule has 194 valence electrons. The number of piperidine rings is 1. The van der Waals surface area contributed by atoms with E-state index in [0.717, 1.165) is 35.5 Å². The highest BCUT2D eigenvalue weighted by molar-refractivity contribution is 5.89. The van der Waals surface area contributed by atoms with E-state index in [0.29, 0.717) is 19.7 Å². The molecule has 37 heavy (non-hydrogen) atoms. The van der Waals surface area contributed by atoms with Crippen LogP contribution in [-0.2, 0) is 14.3 Å². The van der Waals surface area contributed by atoms with E-state index in [-0.39, 0.29) is 23.8 Å². The lowest BCUT2D eigenvalue weighted by molar-refractivity contribution is -0.132. The Hall–Kier alpha value is -3.66. The SMILES string of the molecule is COC/C=C/C(=O)N1CCC[C@@H](N2C=C(c3ccc(Oc4ccccc4)cc3)C3C(N)NNC(=O)C32)C1. The lowest BCUT2D eigenvalue weighted by Crippen LogP contribution is -2.67. The molecule has 9 heteroatoms. The van der Waals surface area contributed by atoms with E-state index in [4.69, 9.17) is 15.2 Å². The number of rotatable bonds is 7. The van der Waals surface area contributed by atoms with Crippen molar-refractivity contribution in [2.24, 2.45) is 11.7 Å². The molecule has 3 unspecified atom stereocenters. The molecule has 2 amide bonds. The van der Waals surface area contributed by atoms with Crippen LogP contribution in [0.3, 0.4) is 0 Å². The zero-order valence-electron chi connectivity index (χ0n) is 20.9. The first kappa shape index (κ1) is 25.0. The number of nitrogens with zero attached hydrogens (tertiary/aromatic N) is 2. The van der Waals surface area contributed by atoms with E-state index >= 15 is 0 Å². The highest BCUT2D eigenvalue weighted by Crippen LogP contribution is 2.41. The topological polar surface area (TPSA) is 109 Å². The Bertz CT molecular complexity index is 1170. The molecule has 2 fully saturated rings. The van der Waals surface area contributed by atoms with Gasteiger partial charge in [-0.1, -0.05) is 36.4 Å². The predicted octanol–water partition coefficient (Wildman–Crippen LogP) is 2.23. The number of amides is 2. The van der Waals surface area contributed by atoms with Gasteiger partial charge in [-0.15, -0.1) is 0 Å². The molecule has 9 nitrogen and oxygen atoms in total. The first-order valence-corrected chi connectivity index (χ1v) is 12.6. The monoisotopic (exact) mass is 503 g/mol.